The van der Waals surface area contributed by atoms with E-state index in [-0.39, 0.29) is 0 Å². The molecule has 0 unspecified atom stereocenters. The van der Waals surface area contributed by atoms with Gasteiger partial charge in [-0.2, -0.15) is 10.2 Å². The highest BCUT2D eigenvalue weighted by Crippen LogP contribution is 2.48. The molecule has 0 saturated heterocycles. The number of hydrogen-bond donors (Lipinski definition) is 2. The number of aromatic nitrogens is 4. The second-order valence-corrected chi connectivity index (χ2v) is 9.19. The Balaban J connectivity index is 1.28. The Kier molecular flexibility index (Phi) is 4.09. The summed E-state index contributed by atoms with van der Waals surface area (Å²) in [5.74, 6) is 1.69. The lowest BCUT2D eigenvalue weighted by molar-refractivity contribution is 0.476. The van der Waals surface area contributed by atoms with Crippen molar-refractivity contribution in [1.29, 1.82) is 0 Å². The number of nitrogens with one attached hydrogen (secondary N) is 2. The predicted octanol–water partition coefficient (Wildman–Crippen LogP) is 7.26. The first-order chi connectivity index (χ1) is 17.0. The predicted molar refractivity (Wildman–Crippen MR) is 141 cm³/mol. The molecule has 1 aliphatic rings. The topological polar surface area (TPSA) is 69.8 Å². The Morgan fingerprint density at radius 1 is 0.600 bits per heavy atom. The molecule has 0 atom stereocenters. The summed E-state index contributed by atoms with van der Waals surface area (Å²) >= 11 is 0. The Bertz CT molecular complexity index is 1650. The summed E-state index contributed by atoms with van der Waals surface area (Å²) in [6, 6.07) is 25.5. The first-order valence-corrected chi connectivity index (χ1v) is 11.6. The maximum Gasteiger partial charge on any atom is 0.151 e. The Labute approximate surface area is 202 Å². The standard InChI is InChI=1S/C29H23N5O/c1-16-22-12-18(4-8-24(22)32-30-16)20-6-10-26-28(14-20)35-29-15-21(7-11-27(29)34(26)3)19-5-9-25-23(13-19)17(2)31-33-25/h4-15H,1-3H3,(H,30,32)(H,31,33). The largest absolute Gasteiger partial charge is 0.453 e. The van der Waals surface area contributed by atoms with Gasteiger partial charge in [-0.3, -0.25) is 10.2 Å². The van der Waals surface area contributed by atoms with E-state index < -0.39 is 0 Å². The molecule has 0 radical (unpaired) electrons. The quantitative estimate of drug-likeness (QED) is 0.287. The van der Waals surface area contributed by atoms with Gasteiger partial charge in [-0.05, 0) is 84.6 Å². The van der Waals surface area contributed by atoms with Gasteiger partial charge in [0.25, 0.3) is 0 Å². The van der Waals surface area contributed by atoms with Gasteiger partial charge < -0.3 is 9.64 Å². The van der Waals surface area contributed by atoms with E-state index in [2.05, 4.69) is 105 Å². The van der Waals surface area contributed by atoms with Gasteiger partial charge in [-0.15, -0.1) is 0 Å². The van der Waals surface area contributed by atoms with E-state index in [1.807, 2.05) is 13.8 Å². The molecular weight excluding hydrogens is 434 g/mol. The number of aryl methyl sites for hydroxylation is 2. The van der Waals surface area contributed by atoms with Crippen molar-refractivity contribution in [3.05, 3.63) is 84.2 Å². The van der Waals surface area contributed by atoms with Crippen LogP contribution in [0.5, 0.6) is 11.5 Å². The third-order valence-electron chi connectivity index (χ3n) is 7.02. The van der Waals surface area contributed by atoms with Crippen molar-refractivity contribution in [2.24, 2.45) is 0 Å². The van der Waals surface area contributed by atoms with Crippen LogP contribution >= 0.6 is 0 Å². The highest BCUT2D eigenvalue weighted by Gasteiger charge is 2.23. The van der Waals surface area contributed by atoms with Gasteiger partial charge in [-0.25, -0.2) is 0 Å². The number of ether oxygens (including phenoxy) is 1. The Morgan fingerprint density at radius 3 is 1.51 bits per heavy atom. The molecule has 35 heavy (non-hydrogen) atoms. The van der Waals surface area contributed by atoms with E-state index in [0.717, 1.165) is 78.3 Å². The zero-order valence-electron chi connectivity index (χ0n) is 19.7. The Hall–Kier alpha value is -4.58. The van der Waals surface area contributed by atoms with Gasteiger partial charge in [-0.1, -0.05) is 24.3 Å². The van der Waals surface area contributed by atoms with Crippen molar-refractivity contribution < 1.29 is 4.74 Å². The molecule has 0 amide bonds. The summed E-state index contributed by atoms with van der Waals surface area (Å²) in [4.78, 5) is 2.19. The average molecular weight is 458 g/mol. The number of fused-ring (bicyclic) bond motifs is 4. The normalized spacial score (nSPS) is 12.6. The number of hydrogen-bond acceptors (Lipinski definition) is 4. The zero-order chi connectivity index (χ0) is 23.7. The summed E-state index contributed by atoms with van der Waals surface area (Å²) in [6.07, 6.45) is 0. The van der Waals surface area contributed by atoms with Crippen LogP contribution in [0.25, 0.3) is 44.1 Å². The minimum Gasteiger partial charge on any atom is -0.453 e. The lowest BCUT2D eigenvalue weighted by atomic mass is 10.00. The van der Waals surface area contributed by atoms with Gasteiger partial charge in [0.15, 0.2) is 11.5 Å². The fourth-order valence-electron chi connectivity index (χ4n) is 4.99. The van der Waals surface area contributed by atoms with Gasteiger partial charge in [0.1, 0.15) is 0 Å². The van der Waals surface area contributed by atoms with E-state index in [1.54, 1.807) is 0 Å². The van der Waals surface area contributed by atoms with Crippen molar-refractivity contribution in [2.75, 3.05) is 11.9 Å². The maximum absolute atomic E-state index is 6.49. The summed E-state index contributed by atoms with van der Waals surface area (Å²) in [5.41, 5.74) is 10.7. The lowest BCUT2D eigenvalue weighted by Gasteiger charge is -2.30. The van der Waals surface area contributed by atoms with E-state index in [1.165, 1.54) is 0 Å². The summed E-state index contributed by atoms with van der Waals surface area (Å²) in [7, 11) is 2.08. The summed E-state index contributed by atoms with van der Waals surface area (Å²) < 4.78 is 6.49. The molecule has 6 nitrogen and oxygen atoms in total. The second-order valence-electron chi connectivity index (χ2n) is 9.19. The molecule has 3 heterocycles. The van der Waals surface area contributed by atoms with Crippen LogP contribution in [0.15, 0.2) is 72.8 Å². The van der Waals surface area contributed by atoms with Crippen molar-refractivity contribution in [1.82, 2.24) is 20.4 Å². The van der Waals surface area contributed by atoms with Crippen LogP contribution in [0.1, 0.15) is 11.4 Å². The highest BCUT2D eigenvalue weighted by molar-refractivity contribution is 5.90. The average Bonchev–Trinajstić information content (AvgIpc) is 3.45. The van der Waals surface area contributed by atoms with Crippen molar-refractivity contribution >= 4 is 33.2 Å². The molecule has 0 aliphatic carbocycles. The number of rotatable bonds is 2. The summed E-state index contributed by atoms with van der Waals surface area (Å²) in [6.45, 7) is 4.09. The van der Waals surface area contributed by atoms with Crippen LogP contribution in [0.4, 0.5) is 11.4 Å². The number of H-pyrrole nitrogens is 2. The SMILES string of the molecule is Cc1[nH]nc2ccc(-c3ccc4c(c3)Oc3cc(-c5ccc6n[nH]c(C)c6c5)ccc3N4C)cc12. The Morgan fingerprint density at radius 2 is 1.03 bits per heavy atom. The monoisotopic (exact) mass is 457 g/mol. The minimum absolute atomic E-state index is 0.847. The molecule has 0 fully saturated rings. The molecule has 6 aromatic rings. The lowest BCUT2D eigenvalue weighted by Crippen LogP contribution is -2.15. The first kappa shape index (κ1) is 19.9. The second kappa shape index (κ2) is 7.21. The van der Waals surface area contributed by atoms with Gasteiger partial charge >= 0.3 is 0 Å². The van der Waals surface area contributed by atoms with Gasteiger partial charge in [0.05, 0.1) is 22.4 Å². The molecular formula is C29H23N5O. The summed E-state index contributed by atoms with van der Waals surface area (Å²) in [5, 5.41) is 17.1. The van der Waals surface area contributed by atoms with E-state index >= 15 is 0 Å². The molecule has 0 spiro atoms. The maximum atomic E-state index is 6.49. The molecule has 4 aromatic carbocycles. The molecule has 6 heteroatoms. The van der Waals surface area contributed by atoms with Crippen molar-refractivity contribution in [3.8, 4) is 33.8 Å². The molecule has 170 valence electrons. The third-order valence-corrected chi connectivity index (χ3v) is 7.02. The van der Waals surface area contributed by atoms with Crippen LogP contribution in [-0.4, -0.2) is 27.4 Å². The van der Waals surface area contributed by atoms with Crippen molar-refractivity contribution in [3.63, 3.8) is 0 Å². The third kappa shape index (κ3) is 3.03. The zero-order valence-corrected chi connectivity index (χ0v) is 19.7. The van der Waals surface area contributed by atoms with Crippen LogP contribution in [-0.2, 0) is 0 Å². The van der Waals surface area contributed by atoms with Crippen molar-refractivity contribution in [2.45, 2.75) is 13.8 Å². The van der Waals surface area contributed by atoms with Crippen LogP contribution in [0.2, 0.25) is 0 Å². The van der Waals surface area contributed by atoms with Gasteiger partial charge in [0, 0.05) is 29.2 Å². The van der Waals surface area contributed by atoms with Crippen LogP contribution in [0.3, 0.4) is 0 Å². The molecule has 0 bridgehead atoms. The molecule has 7 rings (SSSR count). The molecule has 0 saturated carbocycles. The number of anilines is 2. The number of aromatic amines is 2. The van der Waals surface area contributed by atoms with E-state index in [9.17, 15) is 0 Å². The number of nitrogens with zero attached hydrogens (tertiary/aromatic N) is 3. The van der Waals surface area contributed by atoms with Crippen LogP contribution < -0.4 is 9.64 Å². The van der Waals surface area contributed by atoms with Gasteiger partial charge in [0.2, 0.25) is 0 Å². The van der Waals surface area contributed by atoms with E-state index in [0.29, 0.717) is 0 Å². The smallest absolute Gasteiger partial charge is 0.151 e. The first-order valence-electron chi connectivity index (χ1n) is 11.6. The molecule has 2 N–H and O–H groups in total. The van der Waals surface area contributed by atoms with E-state index in [4.69, 9.17) is 4.74 Å². The molecule has 1 aliphatic heterocycles. The number of benzene rings is 4. The molecule has 2 aromatic heterocycles. The fraction of sp³-hybridized carbons (Fsp3) is 0.103. The van der Waals surface area contributed by atoms with Crippen LogP contribution in [0, 0.1) is 13.8 Å². The highest BCUT2D eigenvalue weighted by atomic mass is 16.5. The minimum atomic E-state index is 0.847. The fourth-order valence-corrected chi connectivity index (χ4v) is 4.99.